The van der Waals surface area contributed by atoms with Gasteiger partial charge in [-0.2, -0.15) is 5.10 Å². The van der Waals surface area contributed by atoms with Crippen molar-refractivity contribution in [3.8, 4) is 0 Å². The summed E-state index contributed by atoms with van der Waals surface area (Å²) in [6.45, 7) is 0. The molecule has 3 nitrogen and oxygen atoms in total. The molecule has 0 atom stereocenters. The third-order valence-corrected chi connectivity index (χ3v) is 2.99. The molecule has 0 saturated carbocycles. The first-order chi connectivity index (χ1) is 9.58. The molecule has 0 aliphatic heterocycles. The Morgan fingerprint density at radius 2 is 1.85 bits per heavy atom. The van der Waals surface area contributed by atoms with Gasteiger partial charge in [-0.3, -0.25) is 4.79 Å². The Kier molecular flexibility index (Phi) is 4.57. The Morgan fingerprint density at radius 1 is 1.15 bits per heavy atom. The van der Waals surface area contributed by atoms with Crippen molar-refractivity contribution in [2.75, 3.05) is 0 Å². The number of hydrogen-bond acceptors (Lipinski definition) is 2. The molecule has 6 heteroatoms. The second kappa shape index (κ2) is 6.38. The van der Waals surface area contributed by atoms with Crippen LogP contribution in [0, 0.1) is 11.6 Å². The Hall–Kier alpha value is -2.08. The van der Waals surface area contributed by atoms with Crippen LogP contribution >= 0.6 is 15.9 Å². The van der Waals surface area contributed by atoms with E-state index in [1.807, 2.05) is 0 Å². The maximum atomic E-state index is 13.3. The first kappa shape index (κ1) is 14.3. The fraction of sp³-hybridized carbons (Fsp3) is 0. The van der Waals surface area contributed by atoms with Crippen molar-refractivity contribution in [3.05, 3.63) is 69.7 Å². The lowest BCUT2D eigenvalue weighted by Crippen LogP contribution is -2.17. The SMILES string of the molecule is O=C(N/N=C/c1cccc(F)c1F)c1ccc(Br)cc1. The molecule has 0 spiro atoms. The Labute approximate surface area is 122 Å². The lowest BCUT2D eigenvalue weighted by atomic mass is 10.2. The summed E-state index contributed by atoms with van der Waals surface area (Å²) >= 11 is 3.25. The molecule has 0 fully saturated rings. The third-order valence-electron chi connectivity index (χ3n) is 2.46. The van der Waals surface area contributed by atoms with Crippen molar-refractivity contribution in [1.82, 2.24) is 5.43 Å². The molecule has 20 heavy (non-hydrogen) atoms. The molecule has 0 aromatic heterocycles. The van der Waals surface area contributed by atoms with Crippen molar-refractivity contribution >= 4 is 28.1 Å². The molecule has 1 amide bonds. The van der Waals surface area contributed by atoms with Crippen molar-refractivity contribution in [3.63, 3.8) is 0 Å². The molecule has 0 unspecified atom stereocenters. The fourth-order valence-corrected chi connectivity index (χ4v) is 1.71. The standard InChI is InChI=1S/C14H9BrF2N2O/c15-11-6-4-9(5-7-11)14(20)19-18-8-10-2-1-3-12(16)13(10)17/h1-8H,(H,19,20)/b18-8+. The van der Waals surface area contributed by atoms with E-state index in [9.17, 15) is 13.6 Å². The second-order valence-electron chi connectivity index (χ2n) is 3.85. The van der Waals surface area contributed by atoms with Gasteiger partial charge in [0.15, 0.2) is 11.6 Å². The van der Waals surface area contributed by atoms with E-state index in [2.05, 4.69) is 26.5 Å². The van der Waals surface area contributed by atoms with Gasteiger partial charge in [-0.05, 0) is 30.3 Å². The maximum absolute atomic E-state index is 13.3. The van der Waals surface area contributed by atoms with Crippen molar-refractivity contribution in [2.45, 2.75) is 0 Å². The highest BCUT2D eigenvalue weighted by atomic mass is 79.9. The van der Waals surface area contributed by atoms with Gasteiger partial charge in [-0.15, -0.1) is 0 Å². The number of hydrogen-bond donors (Lipinski definition) is 1. The maximum Gasteiger partial charge on any atom is 0.271 e. The highest BCUT2D eigenvalue weighted by molar-refractivity contribution is 9.10. The van der Waals surface area contributed by atoms with Crippen LogP contribution in [0.3, 0.4) is 0 Å². The molecule has 0 saturated heterocycles. The smallest absolute Gasteiger partial charge is 0.267 e. The quantitative estimate of drug-likeness (QED) is 0.675. The molecule has 0 heterocycles. The van der Waals surface area contributed by atoms with Crippen LogP contribution in [0.1, 0.15) is 15.9 Å². The largest absolute Gasteiger partial charge is 0.271 e. The summed E-state index contributed by atoms with van der Waals surface area (Å²) in [5.74, 6) is -2.41. The number of carbonyl (C=O) groups excluding carboxylic acids is 1. The summed E-state index contributed by atoms with van der Waals surface area (Å²) < 4.78 is 27.1. The monoisotopic (exact) mass is 338 g/mol. The van der Waals surface area contributed by atoms with Gasteiger partial charge in [0, 0.05) is 15.6 Å². The Balaban J connectivity index is 2.04. The zero-order chi connectivity index (χ0) is 14.5. The summed E-state index contributed by atoms with van der Waals surface area (Å²) in [6.07, 6.45) is 1.05. The van der Waals surface area contributed by atoms with Crippen molar-refractivity contribution < 1.29 is 13.6 Å². The van der Waals surface area contributed by atoms with Crippen LogP contribution in [-0.2, 0) is 0 Å². The lowest BCUT2D eigenvalue weighted by Gasteiger charge is -2.00. The molecular formula is C14H9BrF2N2O. The van der Waals surface area contributed by atoms with Gasteiger partial charge in [0.05, 0.1) is 6.21 Å². The van der Waals surface area contributed by atoms with Gasteiger partial charge in [-0.25, -0.2) is 14.2 Å². The molecule has 0 bridgehead atoms. The number of benzene rings is 2. The molecule has 0 aliphatic rings. The molecule has 0 aliphatic carbocycles. The van der Waals surface area contributed by atoms with E-state index < -0.39 is 17.5 Å². The number of nitrogens with one attached hydrogen (secondary N) is 1. The minimum atomic E-state index is -1.01. The van der Waals surface area contributed by atoms with Crippen LogP contribution in [-0.4, -0.2) is 12.1 Å². The van der Waals surface area contributed by atoms with Gasteiger partial charge in [0.25, 0.3) is 5.91 Å². The fourth-order valence-electron chi connectivity index (χ4n) is 1.45. The number of amides is 1. The zero-order valence-corrected chi connectivity index (χ0v) is 11.7. The summed E-state index contributed by atoms with van der Waals surface area (Å²) in [7, 11) is 0. The van der Waals surface area contributed by atoms with Crippen LogP contribution in [0.2, 0.25) is 0 Å². The predicted octanol–water partition coefficient (Wildman–Crippen LogP) is 3.49. The summed E-state index contributed by atoms with van der Waals surface area (Å²) in [5, 5.41) is 3.60. The second-order valence-corrected chi connectivity index (χ2v) is 4.76. The topological polar surface area (TPSA) is 41.5 Å². The van der Waals surface area contributed by atoms with Crippen molar-refractivity contribution in [1.29, 1.82) is 0 Å². The number of hydrazone groups is 1. The van der Waals surface area contributed by atoms with E-state index in [1.54, 1.807) is 24.3 Å². The van der Waals surface area contributed by atoms with E-state index >= 15 is 0 Å². The Bertz CT molecular complexity index is 657. The lowest BCUT2D eigenvalue weighted by molar-refractivity contribution is 0.0955. The van der Waals surface area contributed by atoms with Gasteiger partial charge in [0.1, 0.15) is 0 Å². The van der Waals surface area contributed by atoms with E-state index in [0.29, 0.717) is 5.56 Å². The Morgan fingerprint density at radius 3 is 2.55 bits per heavy atom. The number of carbonyl (C=O) groups is 1. The van der Waals surface area contributed by atoms with Gasteiger partial charge in [-0.1, -0.05) is 28.1 Å². The number of rotatable bonds is 3. The molecule has 2 rings (SSSR count). The van der Waals surface area contributed by atoms with Gasteiger partial charge in [0.2, 0.25) is 0 Å². The molecular weight excluding hydrogens is 330 g/mol. The normalized spacial score (nSPS) is 10.8. The van der Waals surface area contributed by atoms with Crippen LogP contribution in [0.4, 0.5) is 8.78 Å². The molecule has 0 radical (unpaired) electrons. The number of nitrogens with zero attached hydrogens (tertiary/aromatic N) is 1. The van der Waals surface area contributed by atoms with Crippen molar-refractivity contribution in [2.24, 2.45) is 5.10 Å². The molecule has 2 aromatic carbocycles. The predicted molar refractivity (Wildman–Crippen MR) is 75.6 cm³/mol. The average molecular weight is 339 g/mol. The van der Waals surface area contributed by atoms with Gasteiger partial charge >= 0.3 is 0 Å². The van der Waals surface area contributed by atoms with Crippen LogP contribution in [0.5, 0.6) is 0 Å². The average Bonchev–Trinajstić information content (AvgIpc) is 2.44. The minimum absolute atomic E-state index is 0.0406. The van der Waals surface area contributed by atoms with E-state index in [1.165, 1.54) is 12.1 Å². The first-order valence-corrected chi connectivity index (χ1v) is 6.40. The van der Waals surface area contributed by atoms with Gasteiger partial charge < -0.3 is 0 Å². The summed E-state index contributed by atoms with van der Waals surface area (Å²) in [6, 6.07) is 10.4. The van der Waals surface area contributed by atoms with E-state index in [-0.39, 0.29) is 5.56 Å². The third kappa shape index (κ3) is 3.48. The van der Waals surface area contributed by atoms with E-state index in [0.717, 1.165) is 16.8 Å². The van der Waals surface area contributed by atoms with Crippen LogP contribution < -0.4 is 5.43 Å². The highest BCUT2D eigenvalue weighted by Gasteiger charge is 2.06. The highest BCUT2D eigenvalue weighted by Crippen LogP contribution is 2.11. The minimum Gasteiger partial charge on any atom is -0.267 e. The molecule has 1 N–H and O–H groups in total. The van der Waals surface area contributed by atoms with E-state index in [4.69, 9.17) is 0 Å². The molecule has 102 valence electrons. The van der Waals surface area contributed by atoms with Crippen LogP contribution in [0.15, 0.2) is 52.0 Å². The number of halogens is 3. The summed E-state index contributed by atoms with van der Waals surface area (Å²) in [4.78, 5) is 11.7. The van der Waals surface area contributed by atoms with Crippen LogP contribution in [0.25, 0.3) is 0 Å². The molecule has 2 aromatic rings. The summed E-state index contributed by atoms with van der Waals surface area (Å²) in [5.41, 5.74) is 2.61. The zero-order valence-electron chi connectivity index (χ0n) is 10.1. The first-order valence-electron chi connectivity index (χ1n) is 5.61.